The number of hydrogen-bond acceptors (Lipinski definition) is 3. The van der Waals surface area contributed by atoms with Crippen LogP contribution in [0.2, 0.25) is 0 Å². The second-order valence-corrected chi connectivity index (χ2v) is 4.76. The van der Waals surface area contributed by atoms with Gasteiger partial charge in [-0.2, -0.15) is 0 Å². The first kappa shape index (κ1) is 14.6. The molecule has 2 rings (SSSR count). The summed E-state index contributed by atoms with van der Waals surface area (Å²) >= 11 is 0. The zero-order valence-corrected chi connectivity index (χ0v) is 11.6. The fourth-order valence-corrected chi connectivity index (χ4v) is 2.02. The predicted octanol–water partition coefficient (Wildman–Crippen LogP) is 2.46. The third kappa shape index (κ3) is 3.60. The Hall–Kier alpha value is -2.82. The lowest BCUT2D eigenvalue weighted by molar-refractivity contribution is -0.115. The van der Waals surface area contributed by atoms with Crippen molar-refractivity contribution in [3.63, 3.8) is 0 Å². The van der Waals surface area contributed by atoms with Gasteiger partial charge in [0.25, 0.3) is 0 Å². The standard InChI is InChI=1S/C16H16N2O3/c1-10-4-2-3-5-11(10)8-15(19)18-14-7-6-12(17)9-13(14)16(20)21/h2-7,9H,8,17H2,1H3,(H,18,19)(H,20,21). The summed E-state index contributed by atoms with van der Waals surface area (Å²) in [6, 6.07) is 11.9. The molecule has 0 fully saturated rings. The molecule has 0 saturated carbocycles. The Morgan fingerprint density at radius 2 is 1.90 bits per heavy atom. The Kier molecular flexibility index (Phi) is 4.23. The second kappa shape index (κ2) is 6.09. The van der Waals surface area contributed by atoms with Gasteiger partial charge in [0, 0.05) is 5.69 Å². The number of carbonyl (C=O) groups is 2. The monoisotopic (exact) mass is 284 g/mol. The molecule has 108 valence electrons. The molecule has 0 radical (unpaired) electrons. The number of hydrogen-bond donors (Lipinski definition) is 3. The lowest BCUT2D eigenvalue weighted by Gasteiger charge is -2.10. The average Bonchev–Trinajstić information content (AvgIpc) is 2.43. The van der Waals surface area contributed by atoms with Gasteiger partial charge in [-0.15, -0.1) is 0 Å². The van der Waals surface area contributed by atoms with E-state index in [1.54, 1.807) is 6.07 Å². The van der Waals surface area contributed by atoms with Crippen molar-refractivity contribution >= 4 is 23.3 Å². The molecule has 0 aliphatic rings. The van der Waals surface area contributed by atoms with Crippen LogP contribution in [0.5, 0.6) is 0 Å². The first-order valence-corrected chi connectivity index (χ1v) is 6.44. The number of nitrogens with one attached hydrogen (secondary N) is 1. The van der Waals surface area contributed by atoms with Crippen LogP contribution in [-0.4, -0.2) is 17.0 Å². The lowest BCUT2D eigenvalue weighted by Crippen LogP contribution is -2.17. The molecule has 4 N–H and O–H groups in total. The van der Waals surface area contributed by atoms with Crippen LogP contribution in [0.3, 0.4) is 0 Å². The number of benzene rings is 2. The normalized spacial score (nSPS) is 10.1. The van der Waals surface area contributed by atoms with Crippen molar-refractivity contribution in [1.29, 1.82) is 0 Å². The molecule has 2 aromatic rings. The fourth-order valence-electron chi connectivity index (χ4n) is 2.02. The van der Waals surface area contributed by atoms with E-state index >= 15 is 0 Å². The number of rotatable bonds is 4. The van der Waals surface area contributed by atoms with E-state index in [1.807, 2.05) is 31.2 Å². The number of amides is 1. The van der Waals surface area contributed by atoms with Crippen molar-refractivity contribution in [2.45, 2.75) is 13.3 Å². The topological polar surface area (TPSA) is 92.4 Å². The van der Waals surface area contributed by atoms with Crippen LogP contribution in [0.25, 0.3) is 0 Å². The number of carboxylic acids is 1. The number of anilines is 2. The van der Waals surface area contributed by atoms with Crippen molar-refractivity contribution in [1.82, 2.24) is 0 Å². The Morgan fingerprint density at radius 1 is 1.19 bits per heavy atom. The molecule has 0 spiro atoms. The summed E-state index contributed by atoms with van der Waals surface area (Å²) < 4.78 is 0. The largest absolute Gasteiger partial charge is 0.478 e. The predicted molar refractivity (Wildman–Crippen MR) is 81.3 cm³/mol. The van der Waals surface area contributed by atoms with E-state index in [-0.39, 0.29) is 23.6 Å². The number of carboxylic acid groups (broad SMARTS) is 1. The molecule has 1 amide bonds. The molecule has 5 nitrogen and oxygen atoms in total. The molecule has 0 heterocycles. The molecule has 0 aromatic heterocycles. The minimum absolute atomic E-state index is 0.0202. The highest BCUT2D eigenvalue weighted by Gasteiger charge is 2.13. The number of aryl methyl sites for hydroxylation is 1. The van der Waals surface area contributed by atoms with Gasteiger partial charge in [0.2, 0.25) is 5.91 Å². The van der Waals surface area contributed by atoms with E-state index in [1.165, 1.54) is 12.1 Å². The van der Waals surface area contributed by atoms with Gasteiger partial charge in [0.05, 0.1) is 17.7 Å². The van der Waals surface area contributed by atoms with Crippen LogP contribution < -0.4 is 11.1 Å². The van der Waals surface area contributed by atoms with Crippen molar-refractivity contribution in [2.24, 2.45) is 0 Å². The number of carbonyl (C=O) groups excluding carboxylic acids is 1. The highest BCUT2D eigenvalue weighted by molar-refractivity contribution is 6.01. The molecule has 0 aliphatic heterocycles. The maximum atomic E-state index is 12.1. The summed E-state index contributed by atoms with van der Waals surface area (Å²) in [5.74, 6) is -1.40. The van der Waals surface area contributed by atoms with Crippen molar-refractivity contribution in [2.75, 3.05) is 11.1 Å². The summed E-state index contributed by atoms with van der Waals surface area (Å²) in [6.45, 7) is 1.93. The van der Waals surface area contributed by atoms with Gasteiger partial charge in [0.15, 0.2) is 0 Å². The quantitative estimate of drug-likeness (QED) is 0.752. The molecule has 2 aromatic carbocycles. The Morgan fingerprint density at radius 3 is 2.57 bits per heavy atom. The molecular formula is C16H16N2O3. The Labute approximate surface area is 122 Å². The van der Waals surface area contributed by atoms with E-state index in [2.05, 4.69) is 5.32 Å². The third-order valence-electron chi connectivity index (χ3n) is 3.16. The molecule has 21 heavy (non-hydrogen) atoms. The maximum absolute atomic E-state index is 12.1. The zero-order chi connectivity index (χ0) is 15.4. The third-order valence-corrected chi connectivity index (χ3v) is 3.16. The molecule has 0 atom stereocenters. The molecule has 0 bridgehead atoms. The fraction of sp³-hybridized carbons (Fsp3) is 0.125. The first-order valence-electron chi connectivity index (χ1n) is 6.44. The average molecular weight is 284 g/mol. The first-order chi connectivity index (χ1) is 9.97. The summed E-state index contributed by atoms with van der Waals surface area (Å²) in [5, 5.41) is 11.7. The van der Waals surface area contributed by atoms with Gasteiger partial charge < -0.3 is 16.2 Å². The van der Waals surface area contributed by atoms with Gasteiger partial charge in [-0.3, -0.25) is 4.79 Å². The van der Waals surface area contributed by atoms with E-state index < -0.39 is 5.97 Å². The van der Waals surface area contributed by atoms with Gasteiger partial charge in [-0.25, -0.2) is 4.79 Å². The van der Waals surface area contributed by atoms with Gasteiger partial charge in [-0.05, 0) is 36.2 Å². The molecule has 5 heteroatoms. The van der Waals surface area contributed by atoms with Crippen molar-refractivity contribution in [3.8, 4) is 0 Å². The molecular weight excluding hydrogens is 268 g/mol. The van der Waals surface area contributed by atoms with Gasteiger partial charge in [-0.1, -0.05) is 24.3 Å². The summed E-state index contributed by atoms with van der Waals surface area (Å²) in [4.78, 5) is 23.2. The summed E-state index contributed by atoms with van der Waals surface area (Å²) in [5.41, 5.74) is 8.05. The van der Waals surface area contributed by atoms with Crippen LogP contribution in [-0.2, 0) is 11.2 Å². The van der Waals surface area contributed by atoms with Crippen LogP contribution >= 0.6 is 0 Å². The van der Waals surface area contributed by atoms with Crippen molar-refractivity contribution < 1.29 is 14.7 Å². The Bertz CT molecular complexity index is 696. The molecule has 0 saturated heterocycles. The highest BCUT2D eigenvalue weighted by Crippen LogP contribution is 2.19. The Balaban J connectivity index is 2.17. The smallest absolute Gasteiger partial charge is 0.337 e. The van der Waals surface area contributed by atoms with Gasteiger partial charge in [0.1, 0.15) is 0 Å². The number of nitrogens with two attached hydrogens (primary N) is 1. The minimum atomic E-state index is -1.13. The van der Waals surface area contributed by atoms with Crippen LogP contribution in [0.1, 0.15) is 21.5 Å². The second-order valence-electron chi connectivity index (χ2n) is 4.76. The SMILES string of the molecule is Cc1ccccc1CC(=O)Nc1ccc(N)cc1C(=O)O. The summed E-state index contributed by atoms with van der Waals surface area (Å²) in [6.07, 6.45) is 0.191. The van der Waals surface area contributed by atoms with Crippen LogP contribution in [0, 0.1) is 6.92 Å². The van der Waals surface area contributed by atoms with Crippen LogP contribution in [0.4, 0.5) is 11.4 Å². The highest BCUT2D eigenvalue weighted by atomic mass is 16.4. The maximum Gasteiger partial charge on any atom is 0.337 e. The van der Waals surface area contributed by atoms with Crippen LogP contribution in [0.15, 0.2) is 42.5 Å². The number of aromatic carboxylic acids is 1. The minimum Gasteiger partial charge on any atom is -0.478 e. The summed E-state index contributed by atoms with van der Waals surface area (Å²) in [7, 11) is 0. The molecule has 0 unspecified atom stereocenters. The van der Waals surface area contributed by atoms with E-state index in [0.717, 1.165) is 11.1 Å². The van der Waals surface area contributed by atoms with Gasteiger partial charge >= 0.3 is 5.97 Å². The van der Waals surface area contributed by atoms with Crippen molar-refractivity contribution in [3.05, 3.63) is 59.2 Å². The van der Waals surface area contributed by atoms with E-state index in [4.69, 9.17) is 10.8 Å². The lowest BCUT2D eigenvalue weighted by atomic mass is 10.1. The molecule has 0 aliphatic carbocycles. The number of nitrogen functional groups attached to an aromatic ring is 1. The van der Waals surface area contributed by atoms with E-state index in [0.29, 0.717) is 5.69 Å². The zero-order valence-electron chi connectivity index (χ0n) is 11.6. The van der Waals surface area contributed by atoms with E-state index in [9.17, 15) is 9.59 Å².